The van der Waals surface area contributed by atoms with Crippen molar-refractivity contribution in [2.75, 3.05) is 13.1 Å². The predicted octanol–water partition coefficient (Wildman–Crippen LogP) is -4.57. The molecule has 0 fully saturated rings. The Kier molecular flexibility index (Phi) is 11.4. The molecule has 0 spiro atoms. The molecule has 0 aromatic rings. The highest BCUT2D eigenvalue weighted by atomic mass is 16.4. The molecule has 0 radical (unpaired) electrons. The van der Waals surface area contributed by atoms with Crippen molar-refractivity contribution in [3.05, 3.63) is 0 Å². The van der Waals surface area contributed by atoms with Crippen molar-refractivity contribution in [2.24, 2.45) is 27.9 Å². The standard InChI is InChI=1S/C15H28N8O6/c1-7(16)12(26)21-6-11(25)22-8(3-2-4-20-15(18)19)13(27)23-9(14(28)29)5-10(17)24/h7-9H,2-6,16H2,1H3,(H2,17,24)(H,21,26)(H,22,25)(H,23,27)(H,28,29)(H4,18,19,20). The number of rotatable bonds is 13. The minimum absolute atomic E-state index is 0.0541. The first-order chi connectivity index (χ1) is 13.4. The smallest absolute Gasteiger partial charge is 0.326 e. The van der Waals surface area contributed by atoms with Crippen LogP contribution in [0.25, 0.3) is 0 Å². The average molecular weight is 416 g/mol. The third-order valence-electron chi connectivity index (χ3n) is 3.45. The molecule has 14 nitrogen and oxygen atoms in total. The summed E-state index contributed by atoms with van der Waals surface area (Å²) < 4.78 is 0. The van der Waals surface area contributed by atoms with Crippen molar-refractivity contribution in [3.8, 4) is 0 Å². The van der Waals surface area contributed by atoms with Crippen molar-refractivity contribution < 1.29 is 29.1 Å². The Morgan fingerprint density at radius 2 is 1.62 bits per heavy atom. The van der Waals surface area contributed by atoms with Crippen molar-refractivity contribution in [3.63, 3.8) is 0 Å². The molecule has 0 aromatic heterocycles. The molecular weight excluding hydrogens is 388 g/mol. The highest BCUT2D eigenvalue weighted by Crippen LogP contribution is 2.01. The Labute approximate surface area is 166 Å². The average Bonchev–Trinajstić information content (AvgIpc) is 2.60. The number of nitrogens with two attached hydrogens (primary N) is 4. The van der Waals surface area contributed by atoms with E-state index < -0.39 is 60.7 Å². The summed E-state index contributed by atoms with van der Waals surface area (Å²) in [5.41, 5.74) is 20.8. The Morgan fingerprint density at radius 3 is 2.10 bits per heavy atom. The van der Waals surface area contributed by atoms with Gasteiger partial charge in [0.15, 0.2) is 5.96 Å². The van der Waals surface area contributed by atoms with E-state index in [2.05, 4.69) is 20.9 Å². The molecule has 3 atom stereocenters. The summed E-state index contributed by atoms with van der Waals surface area (Å²) in [6.45, 7) is 1.15. The number of carbonyl (C=O) groups is 5. The van der Waals surface area contributed by atoms with E-state index in [0.717, 1.165) is 0 Å². The van der Waals surface area contributed by atoms with Crippen LogP contribution in [0.1, 0.15) is 26.2 Å². The van der Waals surface area contributed by atoms with Crippen LogP contribution in [-0.2, 0) is 24.0 Å². The van der Waals surface area contributed by atoms with E-state index in [1.54, 1.807) is 0 Å². The van der Waals surface area contributed by atoms with E-state index in [1.807, 2.05) is 0 Å². The molecule has 0 saturated carbocycles. The maximum Gasteiger partial charge on any atom is 0.326 e. The summed E-state index contributed by atoms with van der Waals surface area (Å²) in [6.07, 6.45) is -0.297. The third kappa shape index (κ3) is 11.8. The fourth-order valence-electron chi connectivity index (χ4n) is 2.02. The summed E-state index contributed by atoms with van der Waals surface area (Å²) in [7, 11) is 0. The zero-order valence-electron chi connectivity index (χ0n) is 16.0. The number of hydrogen-bond donors (Lipinski definition) is 8. The van der Waals surface area contributed by atoms with Crippen molar-refractivity contribution in [1.29, 1.82) is 0 Å². The third-order valence-corrected chi connectivity index (χ3v) is 3.45. The molecule has 0 saturated heterocycles. The van der Waals surface area contributed by atoms with Gasteiger partial charge in [-0.25, -0.2) is 4.79 Å². The second-order valence-corrected chi connectivity index (χ2v) is 6.15. The lowest BCUT2D eigenvalue weighted by Crippen LogP contribution is -2.54. The van der Waals surface area contributed by atoms with E-state index in [1.165, 1.54) is 6.92 Å². The van der Waals surface area contributed by atoms with Gasteiger partial charge in [0.2, 0.25) is 23.6 Å². The van der Waals surface area contributed by atoms with Crippen LogP contribution in [0, 0.1) is 0 Å². The van der Waals surface area contributed by atoms with E-state index in [4.69, 9.17) is 28.0 Å². The van der Waals surface area contributed by atoms with Crippen LogP contribution in [0.4, 0.5) is 0 Å². The van der Waals surface area contributed by atoms with Crippen molar-refractivity contribution >= 4 is 35.6 Å². The fourth-order valence-corrected chi connectivity index (χ4v) is 2.02. The van der Waals surface area contributed by atoms with Crippen LogP contribution in [-0.4, -0.2) is 71.9 Å². The number of amides is 4. The number of aliphatic carboxylic acids is 1. The molecule has 29 heavy (non-hydrogen) atoms. The van der Waals surface area contributed by atoms with Gasteiger partial charge in [0, 0.05) is 6.54 Å². The summed E-state index contributed by atoms with van der Waals surface area (Å²) >= 11 is 0. The fraction of sp³-hybridized carbons (Fsp3) is 0.600. The predicted molar refractivity (Wildman–Crippen MR) is 102 cm³/mol. The number of nitrogens with zero attached hydrogens (tertiary/aromatic N) is 1. The number of aliphatic imine (C=N–C) groups is 1. The maximum atomic E-state index is 12.4. The van der Waals surface area contributed by atoms with Gasteiger partial charge in [-0.3, -0.25) is 24.2 Å². The van der Waals surface area contributed by atoms with Gasteiger partial charge in [-0.05, 0) is 19.8 Å². The van der Waals surface area contributed by atoms with Gasteiger partial charge in [-0.1, -0.05) is 0 Å². The van der Waals surface area contributed by atoms with Gasteiger partial charge in [0.1, 0.15) is 12.1 Å². The van der Waals surface area contributed by atoms with Crippen molar-refractivity contribution in [1.82, 2.24) is 16.0 Å². The lowest BCUT2D eigenvalue weighted by atomic mass is 10.1. The number of primary amides is 1. The number of guanidine groups is 1. The summed E-state index contributed by atoms with van der Waals surface area (Å²) in [6, 6.07) is -3.56. The quantitative estimate of drug-likeness (QED) is 0.0814. The van der Waals surface area contributed by atoms with Gasteiger partial charge in [-0.15, -0.1) is 0 Å². The lowest BCUT2D eigenvalue weighted by molar-refractivity contribution is -0.143. The highest BCUT2D eigenvalue weighted by Gasteiger charge is 2.27. The molecule has 0 rings (SSSR count). The van der Waals surface area contributed by atoms with Crippen LogP contribution in [0.2, 0.25) is 0 Å². The molecule has 164 valence electrons. The molecule has 0 aliphatic carbocycles. The Hall–Kier alpha value is -3.42. The number of carboxylic acid groups (broad SMARTS) is 1. The molecule has 0 aromatic carbocycles. The highest BCUT2D eigenvalue weighted by molar-refractivity contribution is 5.93. The molecule has 0 bridgehead atoms. The molecule has 0 aliphatic heterocycles. The zero-order chi connectivity index (χ0) is 22.6. The second kappa shape index (κ2) is 12.9. The largest absolute Gasteiger partial charge is 0.480 e. The van der Waals surface area contributed by atoms with Crippen LogP contribution < -0.4 is 38.9 Å². The van der Waals surface area contributed by atoms with E-state index in [-0.39, 0.29) is 25.3 Å². The molecule has 4 amide bonds. The second-order valence-electron chi connectivity index (χ2n) is 6.15. The Balaban J connectivity index is 5.05. The van der Waals surface area contributed by atoms with E-state index in [0.29, 0.717) is 0 Å². The number of nitrogens with one attached hydrogen (secondary N) is 3. The number of carbonyl (C=O) groups excluding carboxylic acids is 4. The summed E-state index contributed by atoms with van der Waals surface area (Å²) in [5, 5.41) is 15.9. The van der Waals surface area contributed by atoms with Crippen LogP contribution in [0.3, 0.4) is 0 Å². The number of carboxylic acids is 1. The SMILES string of the molecule is CC(N)C(=O)NCC(=O)NC(CCCN=C(N)N)C(=O)NC(CC(N)=O)C(=O)O. The van der Waals surface area contributed by atoms with Crippen LogP contribution in [0.5, 0.6) is 0 Å². The van der Waals surface area contributed by atoms with E-state index in [9.17, 15) is 24.0 Å². The van der Waals surface area contributed by atoms with Gasteiger partial charge >= 0.3 is 5.97 Å². The maximum absolute atomic E-state index is 12.4. The number of hydrogen-bond acceptors (Lipinski definition) is 7. The first-order valence-corrected chi connectivity index (χ1v) is 8.63. The molecule has 14 heteroatoms. The van der Waals surface area contributed by atoms with E-state index >= 15 is 0 Å². The minimum atomic E-state index is -1.56. The van der Waals surface area contributed by atoms with Crippen LogP contribution in [0.15, 0.2) is 4.99 Å². The molecule has 0 aliphatic rings. The monoisotopic (exact) mass is 416 g/mol. The zero-order valence-corrected chi connectivity index (χ0v) is 16.0. The molecule has 0 heterocycles. The normalized spacial score (nSPS) is 13.3. The Morgan fingerprint density at radius 1 is 1.00 bits per heavy atom. The first-order valence-electron chi connectivity index (χ1n) is 8.63. The van der Waals surface area contributed by atoms with Gasteiger partial charge in [-0.2, -0.15) is 0 Å². The molecule has 3 unspecified atom stereocenters. The lowest BCUT2D eigenvalue weighted by Gasteiger charge is -2.21. The topological polar surface area (TPSA) is 258 Å². The van der Waals surface area contributed by atoms with Gasteiger partial charge in [0.05, 0.1) is 19.0 Å². The summed E-state index contributed by atoms with van der Waals surface area (Å²) in [4.78, 5) is 61.7. The minimum Gasteiger partial charge on any atom is -0.480 e. The first kappa shape index (κ1) is 25.6. The summed E-state index contributed by atoms with van der Waals surface area (Å²) in [5.74, 6) is -4.67. The van der Waals surface area contributed by atoms with Gasteiger partial charge in [0.25, 0.3) is 0 Å². The van der Waals surface area contributed by atoms with Crippen molar-refractivity contribution in [2.45, 2.75) is 44.3 Å². The molecular formula is C15H28N8O6. The van der Waals surface area contributed by atoms with Crippen LogP contribution >= 0.6 is 0 Å². The van der Waals surface area contributed by atoms with Gasteiger partial charge < -0.3 is 44.0 Å². The Bertz CT molecular complexity index is 647. The molecule has 12 N–H and O–H groups in total.